The lowest BCUT2D eigenvalue weighted by Gasteiger charge is -2.10. The van der Waals surface area contributed by atoms with Gasteiger partial charge in [-0.05, 0) is 29.8 Å². The first-order valence-electron chi connectivity index (χ1n) is 5.75. The number of hydrogen-bond donors (Lipinski definition) is 1. The Morgan fingerprint density at radius 2 is 1.65 bits per heavy atom. The van der Waals surface area contributed by atoms with Crippen molar-refractivity contribution in [3.8, 4) is 11.5 Å². The van der Waals surface area contributed by atoms with Crippen LogP contribution in [0.15, 0.2) is 48.5 Å². The highest BCUT2D eigenvalue weighted by Gasteiger charge is 2.30. The first-order valence-corrected chi connectivity index (χ1v) is 5.75. The molecule has 2 rings (SSSR count). The summed E-state index contributed by atoms with van der Waals surface area (Å²) in [6, 6.07) is 12.4. The van der Waals surface area contributed by atoms with Gasteiger partial charge < -0.3 is 15.2 Å². The van der Waals surface area contributed by atoms with Gasteiger partial charge in [0, 0.05) is 11.8 Å². The molecule has 2 aromatic carbocycles. The minimum atomic E-state index is -4.68. The monoisotopic (exact) mass is 283 g/mol. The fourth-order valence-corrected chi connectivity index (χ4v) is 1.56. The summed E-state index contributed by atoms with van der Waals surface area (Å²) in [7, 11) is 0. The van der Waals surface area contributed by atoms with Crippen molar-refractivity contribution in [3.63, 3.8) is 0 Å². The van der Waals surface area contributed by atoms with Crippen LogP contribution in [0.5, 0.6) is 11.5 Å². The van der Waals surface area contributed by atoms with E-state index in [-0.39, 0.29) is 12.4 Å². The molecule has 0 heterocycles. The second-order valence-electron chi connectivity index (χ2n) is 4.05. The average molecular weight is 283 g/mol. The second kappa shape index (κ2) is 5.73. The third-order valence-electron chi connectivity index (χ3n) is 2.42. The van der Waals surface area contributed by atoms with Crippen LogP contribution >= 0.6 is 0 Å². The highest BCUT2D eigenvalue weighted by Crippen LogP contribution is 2.23. The lowest BCUT2D eigenvalue weighted by atomic mass is 10.2. The maximum Gasteiger partial charge on any atom is 0.573 e. The number of ether oxygens (including phenoxy) is 2. The molecule has 0 spiro atoms. The largest absolute Gasteiger partial charge is 0.573 e. The summed E-state index contributed by atoms with van der Waals surface area (Å²) < 4.78 is 45.2. The third kappa shape index (κ3) is 4.38. The first kappa shape index (κ1) is 14.0. The van der Waals surface area contributed by atoms with Crippen LogP contribution in [0, 0.1) is 0 Å². The van der Waals surface area contributed by atoms with Crippen molar-refractivity contribution >= 4 is 5.69 Å². The molecule has 2 aromatic rings. The number of hydrogen-bond acceptors (Lipinski definition) is 3. The summed E-state index contributed by atoms with van der Waals surface area (Å²) in [6.45, 7) is 0.232. The molecule has 0 aromatic heterocycles. The number of alkyl halides is 3. The molecule has 0 aliphatic rings. The van der Waals surface area contributed by atoms with Crippen LogP contribution in [0.1, 0.15) is 5.56 Å². The van der Waals surface area contributed by atoms with E-state index in [4.69, 9.17) is 10.5 Å². The molecule has 20 heavy (non-hydrogen) atoms. The minimum absolute atomic E-state index is 0.232. The summed E-state index contributed by atoms with van der Waals surface area (Å²) >= 11 is 0. The molecule has 2 N–H and O–H groups in total. The van der Waals surface area contributed by atoms with Crippen LogP contribution in [-0.4, -0.2) is 6.36 Å². The van der Waals surface area contributed by atoms with Gasteiger partial charge in [0.05, 0.1) is 0 Å². The molecule has 0 atom stereocenters. The zero-order valence-electron chi connectivity index (χ0n) is 10.4. The maximum atomic E-state index is 12.0. The molecule has 0 unspecified atom stereocenters. The molecule has 0 bridgehead atoms. The zero-order chi connectivity index (χ0) is 14.6. The van der Waals surface area contributed by atoms with Gasteiger partial charge in [0.1, 0.15) is 18.1 Å². The molecule has 3 nitrogen and oxygen atoms in total. The highest BCUT2D eigenvalue weighted by molar-refractivity contribution is 5.43. The van der Waals surface area contributed by atoms with Gasteiger partial charge in [0.15, 0.2) is 0 Å². The van der Waals surface area contributed by atoms with Gasteiger partial charge >= 0.3 is 6.36 Å². The second-order valence-corrected chi connectivity index (χ2v) is 4.05. The SMILES string of the molecule is Nc1cccc(OCc2ccc(OC(F)(F)F)cc2)c1. The van der Waals surface area contributed by atoms with Crippen LogP contribution in [0.3, 0.4) is 0 Å². The number of anilines is 1. The van der Waals surface area contributed by atoms with Crippen molar-refractivity contribution in [2.45, 2.75) is 13.0 Å². The third-order valence-corrected chi connectivity index (χ3v) is 2.42. The summed E-state index contributed by atoms with van der Waals surface area (Å²) in [5.74, 6) is 0.339. The van der Waals surface area contributed by atoms with E-state index in [1.165, 1.54) is 24.3 Å². The van der Waals surface area contributed by atoms with Gasteiger partial charge in [0.25, 0.3) is 0 Å². The Hall–Kier alpha value is -2.37. The van der Waals surface area contributed by atoms with Crippen molar-refractivity contribution in [2.24, 2.45) is 0 Å². The molecule has 0 saturated carbocycles. The molecular weight excluding hydrogens is 271 g/mol. The molecule has 6 heteroatoms. The Labute approximate surface area is 113 Å². The summed E-state index contributed by atoms with van der Waals surface area (Å²) in [5.41, 5.74) is 6.91. The Kier molecular flexibility index (Phi) is 4.02. The lowest BCUT2D eigenvalue weighted by molar-refractivity contribution is -0.274. The quantitative estimate of drug-likeness (QED) is 0.869. The average Bonchev–Trinajstić information content (AvgIpc) is 2.36. The topological polar surface area (TPSA) is 44.5 Å². The van der Waals surface area contributed by atoms with Gasteiger partial charge in [-0.25, -0.2) is 0 Å². The summed E-state index contributed by atoms with van der Waals surface area (Å²) in [4.78, 5) is 0. The molecular formula is C14H12F3NO2. The number of nitrogens with two attached hydrogens (primary N) is 1. The molecule has 0 radical (unpaired) electrons. The Balaban J connectivity index is 1.94. The zero-order valence-corrected chi connectivity index (χ0v) is 10.4. The normalized spacial score (nSPS) is 11.2. The van der Waals surface area contributed by atoms with Gasteiger partial charge in [-0.1, -0.05) is 18.2 Å². The van der Waals surface area contributed by atoms with E-state index < -0.39 is 6.36 Å². The molecule has 0 fully saturated rings. The van der Waals surface area contributed by atoms with Gasteiger partial charge in [-0.15, -0.1) is 13.2 Å². The number of halogens is 3. The van der Waals surface area contributed by atoms with Gasteiger partial charge in [-0.2, -0.15) is 0 Å². The predicted octanol–water partition coefficient (Wildman–Crippen LogP) is 3.75. The van der Waals surface area contributed by atoms with Crippen molar-refractivity contribution in [1.29, 1.82) is 0 Å². The van der Waals surface area contributed by atoms with Crippen molar-refractivity contribution < 1.29 is 22.6 Å². The number of nitrogen functional groups attached to an aromatic ring is 1. The van der Waals surface area contributed by atoms with Crippen molar-refractivity contribution in [1.82, 2.24) is 0 Å². The Morgan fingerprint density at radius 3 is 2.25 bits per heavy atom. The van der Waals surface area contributed by atoms with Crippen molar-refractivity contribution in [2.75, 3.05) is 5.73 Å². The van der Waals surface area contributed by atoms with E-state index in [0.717, 1.165) is 5.56 Å². The van der Waals surface area contributed by atoms with Crippen LogP contribution in [0.25, 0.3) is 0 Å². The van der Waals surface area contributed by atoms with Crippen LogP contribution < -0.4 is 15.2 Å². The summed E-state index contributed by atoms with van der Waals surface area (Å²) in [5, 5.41) is 0. The Bertz CT molecular complexity index is 567. The van der Waals surface area contributed by atoms with E-state index in [1.807, 2.05) is 0 Å². The standard InChI is InChI=1S/C14H12F3NO2/c15-14(16,17)20-12-6-4-10(5-7-12)9-19-13-3-1-2-11(18)8-13/h1-8H,9,18H2. The molecule has 106 valence electrons. The van der Waals surface area contributed by atoms with Crippen LogP contribution in [0.2, 0.25) is 0 Å². The predicted molar refractivity (Wildman–Crippen MR) is 68.3 cm³/mol. The highest BCUT2D eigenvalue weighted by atomic mass is 19.4. The van der Waals surface area contributed by atoms with Crippen LogP contribution in [0.4, 0.5) is 18.9 Å². The van der Waals surface area contributed by atoms with E-state index in [1.54, 1.807) is 24.3 Å². The minimum Gasteiger partial charge on any atom is -0.489 e. The molecule has 0 aliphatic heterocycles. The number of benzene rings is 2. The molecule has 0 aliphatic carbocycles. The van der Waals surface area contributed by atoms with E-state index in [0.29, 0.717) is 11.4 Å². The molecule has 0 saturated heterocycles. The fourth-order valence-electron chi connectivity index (χ4n) is 1.56. The molecule has 0 amide bonds. The lowest BCUT2D eigenvalue weighted by Crippen LogP contribution is -2.17. The van der Waals surface area contributed by atoms with E-state index in [9.17, 15) is 13.2 Å². The first-order chi connectivity index (χ1) is 9.42. The smallest absolute Gasteiger partial charge is 0.489 e. The van der Waals surface area contributed by atoms with E-state index >= 15 is 0 Å². The van der Waals surface area contributed by atoms with Gasteiger partial charge in [0.2, 0.25) is 0 Å². The Morgan fingerprint density at radius 1 is 0.950 bits per heavy atom. The van der Waals surface area contributed by atoms with Crippen molar-refractivity contribution in [3.05, 3.63) is 54.1 Å². The van der Waals surface area contributed by atoms with Crippen LogP contribution in [-0.2, 0) is 6.61 Å². The maximum absolute atomic E-state index is 12.0. The number of rotatable bonds is 4. The van der Waals surface area contributed by atoms with Gasteiger partial charge in [-0.3, -0.25) is 0 Å². The fraction of sp³-hybridized carbons (Fsp3) is 0.143. The summed E-state index contributed by atoms with van der Waals surface area (Å²) in [6.07, 6.45) is -4.68. The van der Waals surface area contributed by atoms with E-state index in [2.05, 4.69) is 4.74 Å².